The van der Waals surface area contributed by atoms with Gasteiger partial charge in [-0.25, -0.2) is 8.42 Å². The molecule has 0 radical (unpaired) electrons. The molecule has 2 rings (SSSR count). The van der Waals surface area contributed by atoms with Crippen LogP contribution < -0.4 is 10.0 Å². The molecule has 1 unspecified atom stereocenters. The maximum Gasteiger partial charge on any atom is 0.242 e. The summed E-state index contributed by atoms with van der Waals surface area (Å²) in [6, 6.07) is 8.60. The summed E-state index contributed by atoms with van der Waals surface area (Å²) in [7, 11) is -3.82. The Kier molecular flexibility index (Phi) is 6.67. The molecule has 0 heterocycles. The fraction of sp³-hybridized carbons (Fsp3) is 0.409. The number of para-hydroxylation sites is 1. The first-order valence-corrected chi connectivity index (χ1v) is 10.9. The highest BCUT2D eigenvalue weighted by Crippen LogP contribution is 2.28. The van der Waals surface area contributed by atoms with Gasteiger partial charge in [-0.1, -0.05) is 49.7 Å². The van der Waals surface area contributed by atoms with Gasteiger partial charge in [0, 0.05) is 5.69 Å². The molecular formula is C22H30N2O3S. The van der Waals surface area contributed by atoms with Crippen LogP contribution in [-0.2, 0) is 14.8 Å². The number of benzene rings is 2. The number of rotatable bonds is 6. The SMILES string of the molecule is Cc1cc(C)c(S(=O)(=O)NC(C)C(=O)Nc2c(C)cccc2C(C)C)c(C)c1. The molecule has 0 aliphatic heterocycles. The summed E-state index contributed by atoms with van der Waals surface area (Å²) in [5.74, 6) is -0.151. The molecule has 0 aliphatic carbocycles. The molecule has 1 atom stereocenters. The van der Waals surface area contributed by atoms with Gasteiger partial charge in [-0.15, -0.1) is 0 Å². The molecule has 5 nitrogen and oxygen atoms in total. The van der Waals surface area contributed by atoms with Crippen LogP contribution in [0.4, 0.5) is 5.69 Å². The van der Waals surface area contributed by atoms with Crippen molar-refractivity contribution in [3.8, 4) is 0 Å². The Labute approximate surface area is 168 Å². The molecule has 28 heavy (non-hydrogen) atoms. The number of carbonyl (C=O) groups excluding carboxylic acids is 1. The zero-order valence-corrected chi connectivity index (χ0v) is 18.5. The second-order valence-electron chi connectivity index (χ2n) is 7.75. The maximum atomic E-state index is 12.9. The first kappa shape index (κ1) is 22.1. The van der Waals surface area contributed by atoms with Gasteiger partial charge in [0.25, 0.3) is 0 Å². The summed E-state index contributed by atoms with van der Waals surface area (Å²) in [6.07, 6.45) is 0. The lowest BCUT2D eigenvalue weighted by Gasteiger charge is -2.20. The van der Waals surface area contributed by atoms with E-state index < -0.39 is 16.1 Å². The summed E-state index contributed by atoms with van der Waals surface area (Å²) in [6.45, 7) is 13.0. The fourth-order valence-corrected chi connectivity index (χ4v) is 5.17. The molecule has 0 spiro atoms. The highest BCUT2D eigenvalue weighted by molar-refractivity contribution is 7.89. The molecule has 152 valence electrons. The second-order valence-corrected chi connectivity index (χ2v) is 9.40. The zero-order chi connectivity index (χ0) is 21.2. The largest absolute Gasteiger partial charge is 0.324 e. The van der Waals surface area contributed by atoms with Crippen LogP contribution in [0.3, 0.4) is 0 Å². The summed E-state index contributed by atoms with van der Waals surface area (Å²) < 4.78 is 28.3. The first-order chi connectivity index (χ1) is 12.9. The third kappa shape index (κ3) is 4.80. The zero-order valence-electron chi connectivity index (χ0n) is 17.7. The van der Waals surface area contributed by atoms with Crippen LogP contribution >= 0.6 is 0 Å². The van der Waals surface area contributed by atoms with Gasteiger partial charge in [0.05, 0.1) is 10.9 Å². The van der Waals surface area contributed by atoms with E-state index in [0.717, 1.165) is 22.4 Å². The van der Waals surface area contributed by atoms with Gasteiger partial charge >= 0.3 is 0 Å². The summed E-state index contributed by atoms with van der Waals surface area (Å²) in [5, 5.41) is 2.91. The van der Waals surface area contributed by atoms with Crippen LogP contribution in [-0.4, -0.2) is 20.4 Å². The summed E-state index contributed by atoms with van der Waals surface area (Å²) in [4.78, 5) is 13.0. The van der Waals surface area contributed by atoms with Crippen molar-refractivity contribution in [2.45, 2.75) is 65.3 Å². The van der Waals surface area contributed by atoms with E-state index in [9.17, 15) is 13.2 Å². The molecule has 0 saturated heterocycles. The van der Waals surface area contributed by atoms with Gasteiger partial charge in [-0.05, 0) is 62.8 Å². The van der Waals surface area contributed by atoms with E-state index in [-0.39, 0.29) is 16.7 Å². The van der Waals surface area contributed by atoms with Crippen molar-refractivity contribution < 1.29 is 13.2 Å². The van der Waals surface area contributed by atoms with Gasteiger partial charge in [0.1, 0.15) is 0 Å². The van der Waals surface area contributed by atoms with Crippen molar-refractivity contribution in [3.05, 3.63) is 58.1 Å². The maximum absolute atomic E-state index is 12.9. The van der Waals surface area contributed by atoms with Crippen molar-refractivity contribution in [2.75, 3.05) is 5.32 Å². The number of sulfonamides is 1. The molecule has 2 N–H and O–H groups in total. The van der Waals surface area contributed by atoms with Crippen LogP contribution in [0.15, 0.2) is 35.2 Å². The number of hydrogen-bond donors (Lipinski definition) is 2. The molecule has 0 aliphatic rings. The van der Waals surface area contributed by atoms with E-state index in [1.807, 2.05) is 44.2 Å². The molecule has 1 amide bonds. The van der Waals surface area contributed by atoms with Crippen molar-refractivity contribution >= 4 is 21.6 Å². The number of hydrogen-bond acceptors (Lipinski definition) is 3. The molecule has 0 saturated carbocycles. The van der Waals surface area contributed by atoms with Gasteiger partial charge < -0.3 is 5.32 Å². The standard InChI is InChI=1S/C22H30N2O3S/c1-13(2)19-10-8-9-15(4)20(19)23-22(25)18(7)24-28(26,27)21-16(5)11-14(3)12-17(21)6/h8-13,18,24H,1-7H3,(H,23,25). The van der Waals surface area contributed by atoms with Crippen molar-refractivity contribution in [1.29, 1.82) is 0 Å². The summed E-state index contributed by atoms with van der Waals surface area (Å²) >= 11 is 0. The highest BCUT2D eigenvalue weighted by atomic mass is 32.2. The Morgan fingerprint density at radius 2 is 1.50 bits per heavy atom. The van der Waals surface area contributed by atoms with Gasteiger partial charge in [-0.3, -0.25) is 4.79 Å². The van der Waals surface area contributed by atoms with Crippen molar-refractivity contribution in [3.63, 3.8) is 0 Å². The number of carbonyl (C=O) groups is 1. The minimum absolute atomic E-state index is 0.233. The second kappa shape index (κ2) is 8.45. The molecule has 6 heteroatoms. The number of amides is 1. The number of aryl methyl sites for hydroxylation is 4. The van der Waals surface area contributed by atoms with Crippen molar-refractivity contribution in [2.24, 2.45) is 0 Å². The molecule has 0 fully saturated rings. The van der Waals surface area contributed by atoms with E-state index >= 15 is 0 Å². The molecule has 0 bridgehead atoms. The van der Waals surface area contributed by atoms with Crippen LogP contribution in [0.2, 0.25) is 0 Å². The Hall–Kier alpha value is -2.18. The van der Waals surface area contributed by atoms with E-state index in [1.54, 1.807) is 20.8 Å². The lowest BCUT2D eigenvalue weighted by molar-refractivity contribution is -0.117. The minimum Gasteiger partial charge on any atom is -0.324 e. The molecular weight excluding hydrogens is 372 g/mol. The average Bonchev–Trinajstić information content (AvgIpc) is 2.54. The highest BCUT2D eigenvalue weighted by Gasteiger charge is 2.26. The molecule has 2 aromatic carbocycles. The Balaban J connectivity index is 2.26. The Morgan fingerprint density at radius 1 is 0.929 bits per heavy atom. The van der Waals surface area contributed by atoms with E-state index in [4.69, 9.17) is 0 Å². The monoisotopic (exact) mass is 402 g/mol. The number of anilines is 1. The van der Waals surface area contributed by atoms with Gasteiger partial charge in [0.15, 0.2) is 0 Å². The Bertz CT molecular complexity index is 972. The van der Waals surface area contributed by atoms with E-state index in [0.29, 0.717) is 11.1 Å². The smallest absolute Gasteiger partial charge is 0.242 e. The van der Waals surface area contributed by atoms with E-state index in [2.05, 4.69) is 23.9 Å². The van der Waals surface area contributed by atoms with Crippen LogP contribution in [0.25, 0.3) is 0 Å². The van der Waals surface area contributed by atoms with Crippen LogP contribution in [0, 0.1) is 27.7 Å². The average molecular weight is 403 g/mol. The summed E-state index contributed by atoms with van der Waals surface area (Å²) in [5.41, 5.74) is 5.04. The third-order valence-corrected chi connectivity index (χ3v) is 6.62. The predicted octanol–water partition coefficient (Wildman–Crippen LogP) is 4.35. The van der Waals surface area contributed by atoms with Crippen molar-refractivity contribution in [1.82, 2.24) is 4.72 Å². The normalized spacial score (nSPS) is 12.9. The van der Waals surface area contributed by atoms with E-state index in [1.165, 1.54) is 0 Å². The Morgan fingerprint density at radius 3 is 2.04 bits per heavy atom. The number of nitrogens with one attached hydrogen (secondary N) is 2. The lowest BCUT2D eigenvalue weighted by Crippen LogP contribution is -2.42. The predicted molar refractivity (Wildman–Crippen MR) is 114 cm³/mol. The topological polar surface area (TPSA) is 75.3 Å². The molecule has 2 aromatic rings. The minimum atomic E-state index is -3.82. The fourth-order valence-electron chi connectivity index (χ4n) is 3.51. The quantitative estimate of drug-likeness (QED) is 0.754. The van der Waals surface area contributed by atoms with Gasteiger partial charge in [0.2, 0.25) is 15.9 Å². The lowest BCUT2D eigenvalue weighted by atomic mass is 9.98. The van der Waals surface area contributed by atoms with Crippen LogP contribution in [0.1, 0.15) is 54.5 Å². The van der Waals surface area contributed by atoms with Gasteiger partial charge in [-0.2, -0.15) is 4.72 Å². The van der Waals surface area contributed by atoms with Crippen LogP contribution in [0.5, 0.6) is 0 Å². The first-order valence-electron chi connectivity index (χ1n) is 9.44. The third-order valence-electron chi connectivity index (χ3n) is 4.77. The molecule has 0 aromatic heterocycles.